The van der Waals surface area contributed by atoms with Crippen LogP contribution in [0.25, 0.3) is 0 Å². The lowest BCUT2D eigenvalue weighted by atomic mass is 9.94. The predicted molar refractivity (Wildman–Crippen MR) is 134 cm³/mol. The number of hydrogen-bond acceptors (Lipinski definition) is 5. The highest BCUT2D eigenvalue weighted by Gasteiger charge is 2.34. The minimum atomic E-state index is -0.236. The van der Waals surface area contributed by atoms with E-state index in [4.69, 9.17) is 4.74 Å². The summed E-state index contributed by atoms with van der Waals surface area (Å²) in [6.07, 6.45) is 4.57. The highest BCUT2D eigenvalue weighted by atomic mass is 16.5. The van der Waals surface area contributed by atoms with Crippen molar-refractivity contribution in [3.8, 4) is 0 Å². The maximum Gasteiger partial charge on any atom is 0.330 e. The van der Waals surface area contributed by atoms with E-state index >= 15 is 0 Å². The first-order valence-electron chi connectivity index (χ1n) is 12.4. The van der Waals surface area contributed by atoms with Crippen LogP contribution in [0.4, 0.5) is 22.0 Å². The molecule has 1 N–H and O–H groups in total. The number of likely N-dealkylation sites (tertiary alicyclic amines) is 1. The Balaban J connectivity index is 1.37. The van der Waals surface area contributed by atoms with Gasteiger partial charge in [0.1, 0.15) is 0 Å². The average molecular weight is 466 g/mol. The summed E-state index contributed by atoms with van der Waals surface area (Å²) in [7, 11) is 0. The first kappa shape index (κ1) is 24.2. The number of anilines is 3. The number of carbonyl (C=O) groups is 2. The minimum absolute atomic E-state index is 0.141. The van der Waals surface area contributed by atoms with Crippen molar-refractivity contribution in [3.05, 3.63) is 48.2 Å². The van der Waals surface area contributed by atoms with Crippen molar-refractivity contribution in [3.63, 3.8) is 0 Å². The molecule has 1 aromatic heterocycles. The van der Waals surface area contributed by atoms with Gasteiger partial charge in [0.15, 0.2) is 5.82 Å². The molecule has 34 heavy (non-hydrogen) atoms. The van der Waals surface area contributed by atoms with Crippen LogP contribution in [0.3, 0.4) is 0 Å². The smallest absolute Gasteiger partial charge is 0.330 e. The number of fused-ring (bicyclic) bond motifs is 2. The molecule has 0 unspecified atom stereocenters. The van der Waals surface area contributed by atoms with Crippen molar-refractivity contribution in [2.75, 3.05) is 56.2 Å². The fourth-order valence-corrected chi connectivity index (χ4v) is 4.67. The van der Waals surface area contributed by atoms with Crippen LogP contribution in [0.15, 0.2) is 42.6 Å². The second-order valence-corrected chi connectivity index (χ2v) is 8.82. The zero-order chi connectivity index (χ0) is 23.9. The van der Waals surface area contributed by atoms with Crippen LogP contribution in [-0.2, 0) is 4.74 Å². The molecule has 0 atom stereocenters. The summed E-state index contributed by atoms with van der Waals surface area (Å²) in [6, 6.07) is 10.6. The van der Waals surface area contributed by atoms with Crippen LogP contribution in [0.1, 0.15) is 43.5 Å². The molecule has 0 aliphatic carbocycles. The van der Waals surface area contributed by atoms with E-state index in [0.29, 0.717) is 41.8 Å². The Hall–Kier alpha value is -2.97. The number of hydrogen-bond donors (Lipinski definition) is 1. The van der Waals surface area contributed by atoms with E-state index in [1.54, 1.807) is 41.4 Å². The van der Waals surface area contributed by atoms with Crippen LogP contribution in [0.5, 0.6) is 0 Å². The molecule has 1 saturated heterocycles. The SMILES string of the molecule is CCN(CC)CCOCCC1CCN(C(=O)N2c3ccccc3C(=O)Nc3cccnc32)CC1. The zero-order valence-electron chi connectivity index (χ0n) is 20.2. The Morgan fingerprint density at radius 1 is 1.12 bits per heavy atom. The number of para-hydroxylation sites is 1. The zero-order valence-corrected chi connectivity index (χ0v) is 20.2. The number of carbonyl (C=O) groups excluding carboxylic acids is 2. The van der Waals surface area contributed by atoms with Crippen molar-refractivity contribution in [2.45, 2.75) is 33.1 Å². The number of rotatable bonds is 8. The van der Waals surface area contributed by atoms with E-state index < -0.39 is 0 Å². The average Bonchev–Trinajstić information content (AvgIpc) is 3.00. The molecule has 0 saturated carbocycles. The number of urea groups is 1. The fraction of sp³-hybridized carbons (Fsp3) is 0.500. The maximum atomic E-state index is 13.7. The van der Waals surface area contributed by atoms with Crippen LogP contribution < -0.4 is 10.2 Å². The van der Waals surface area contributed by atoms with E-state index in [2.05, 4.69) is 29.0 Å². The lowest BCUT2D eigenvalue weighted by Gasteiger charge is -2.35. The number of aromatic nitrogens is 1. The molecule has 1 fully saturated rings. The molecule has 3 amide bonds. The number of pyridine rings is 1. The van der Waals surface area contributed by atoms with Crippen molar-refractivity contribution in [2.24, 2.45) is 5.92 Å². The minimum Gasteiger partial charge on any atom is -0.380 e. The van der Waals surface area contributed by atoms with E-state index in [1.807, 2.05) is 11.0 Å². The summed E-state index contributed by atoms with van der Waals surface area (Å²) >= 11 is 0. The quantitative estimate of drug-likeness (QED) is 0.586. The van der Waals surface area contributed by atoms with Crippen LogP contribution >= 0.6 is 0 Å². The van der Waals surface area contributed by atoms with E-state index in [9.17, 15) is 9.59 Å². The van der Waals surface area contributed by atoms with Crippen molar-refractivity contribution < 1.29 is 14.3 Å². The highest BCUT2D eigenvalue weighted by Crippen LogP contribution is 2.37. The molecule has 2 aliphatic rings. The Morgan fingerprint density at radius 2 is 1.88 bits per heavy atom. The molecule has 2 aliphatic heterocycles. The third-order valence-electron chi connectivity index (χ3n) is 6.83. The third kappa shape index (κ3) is 5.39. The standard InChI is InChI=1S/C26H35N5O3/c1-3-29(4-2)17-19-34-18-13-20-11-15-30(16-12-20)26(33)31-23-10-6-5-8-21(23)25(32)28-22-9-7-14-27-24(22)31/h5-10,14,20H,3-4,11-13,15-19H2,1-2H3,(H,28,32). The molecule has 3 heterocycles. The molecule has 0 spiro atoms. The number of likely N-dealkylation sites (N-methyl/N-ethyl adjacent to an activating group) is 1. The summed E-state index contributed by atoms with van der Waals surface area (Å²) in [4.78, 5) is 36.8. The molecule has 8 heteroatoms. The molecule has 182 valence electrons. The van der Waals surface area contributed by atoms with Gasteiger partial charge in [0.05, 0.1) is 23.5 Å². The van der Waals surface area contributed by atoms with Gasteiger partial charge >= 0.3 is 6.03 Å². The van der Waals surface area contributed by atoms with Gasteiger partial charge in [-0.1, -0.05) is 26.0 Å². The van der Waals surface area contributed by atoms with Gasteiger partial charge in [-0.05, 0) is 62.5 Å². The second kappa shape index (κ2) is 11.4. The monoisotopic (exact) mass is 465 g/mol. The molecular weight excluding hydrogens is 430 g/mol. The lowest BCUT2D eigenvalue weighted by Crippen LogP contribution is -2.45. The largest absolute Gasteiger partial charge is 0.380 e. The summed E-state index contributed by atoms with van der Waals surface area (Å²) in [5, 5.41) is 2.89. The van der Waals surface area contributed by atoms with Gasteiger partial charge in [0.2, 0.25) is 0 Å². The van der Waals surface area contributed by atoms with Gasteiger partial charge in [-0.2, -0.15) is 0 Å². The normalized spacial score (nSPS) is 16.1. The number of piperidine rings is 1. The molecule has 4 rings (SSSR count). The molecule has 1 aromatic carbocycles. The summed E-state index contributed by atoms with van der Waals surface area (Å²) in [6.45, 7) is 10.3. The van der Waals surface area contributed by atoms with Gasteiger partial charge in [-0.25, -0.2) is 14.7 Å². The number of benzene rings is 1. The van der Waals surface area contributed by atoms with Crippen LogP contribution in [-0.4, -0.2) is 72.7 Å². The Bertz CT molecular complexity index is 986. The Morgan fingerprint density at radius 3 is 2.65 bits per heavy atom. The lowest BCUT2D eigenvalue weighted by molar-refractivity contribution is 0.0876. The summed E-state index contributed by atoms with van der Waals surface area (Å²) in [5.41, 5.74) is 1.56. The van der Waals surface area contributed by atoms with Crippen LogP contribution in [0, 0.1) is 5.92 Å². The predicted octanol–water partition coefficient (Wildman–Crippen LogP) is 4.37. The van der Waals surface area contributed by atoms with Gasteiger partial charge in [0, 0.05) is 32.4 Å². The van der Waals surface area contributed by atoms with Gasteiger partial charge in [-0.3, -0.25) is 4.79 Å². The van der Waals surface area contributed by atoms with E-state index in [0.717, 1.165) is 52.1 Å². The summed E-state index contributed by atoms with van der Waals surface area (Å²) in [5.74, 6) is 0.775. The van der Waals surface area contributed by atoms with Crippen molar-refractivity contribution >= 4 is 29.1 Å². The molecule has 0 bridgehead atoms. The maximum absolute atomic E-state index is 13.7. The summed E-state index contributed by atoms with van der Waals surface area (Å²) < 4.78 is 5.86. The van der Waals surface area contributed by atoms with Gasteiger partial charge in [0.25, 0.3) is 5.91 Å². The Kier molecular flexibility index (Phi) is 8.13. The molecule has 0 radical (unpaired) electrons. The topological polar surface area (TPSA) is 78.0 Å². The molecule has 8 nitrogen and oxygen atoms in total. The fourth-order valence-electron chi connectivity index (χ4n) is 4.67. The molecule has 2 aromatic rings. The first-order chi connectivity index (χ1) is 16.6. The second-order valence-electron chi connectivity index (χ2n) is 8.82. The highest BCUT2D eigenvalue weighted by molar-refractivity contribution is 6.16. The molecular formula is C26H35N5O3. The van der Waals surface area contributed by atoms with Gasteiger partial charge < -0.3 is 19.9 Å². The third-order valence-corrected chi connectivity index (χ3v) is 6.83. The number of amides is 3. The van der Waals surface area contributed by atoms with E-state index in [-0.39, 0.29) is 11.9 Å². The van der Waals surface area contributed by atoms with E-state index in [1.165, 1.54) is 0 Å². The van der Waals surface area contributed by atoms with Crippen molar-refractivity contribution in [1.29, 1.82) is 0 Å². The van der Waals surface area contributed by atoms with Crippen LogP contribution in [0.2, 0.25) is 0 Å². The Labute approximate surface area is 201 Å². The van der Waals surface area contributed by atoms with Crippen molar-refractivity contribution in [1.82, 2.24) is 14.8 Å². The van der Waals surface area contributed by atoms with Gasteiger partial charge in [-0.15, -0.1) is 0 Å². The number of nitrogens with zero attached hydrogens (tertiary/aromatic N) is 4. The number of nitrogens with one attached hydrogen (secondary N) is 1. The first-order valence-corrected chi connectivity index (χ1v) is 12.4. The number of ether oxygens (including phenoxy) is 1.